The van der Waals surface area contributed by atoms with Crippen LogP contribution >= 0.6 is 11.6 Å². The van der Waals surface area contributed by atoms with Gasteiger partial charge in [0.25, 0.3) is 5.54 Å². The van der Waals surface area contributed by atoms with Crippen molar-refractivity contribution in [3.05, 3.63) is 71.2 Å². The summed E-state index contributed by atoms with van der Waals surface area (Å²) in [5, 5.41) is 13.7. The van der Waals surface area contributed by atoms with Gasteiger partial charge < -0.3 is 14.9 Å². The first kappa shape index (κ1) is 19.9. The molecule has 30 heavy (non-hydrogen) atoms. The second-order valence-electron chi connectivity index (χ2n) is 10.8. The van der Waals surface area contributed by atoms with Crippen LogP contribution in [-0.4, -0.2) is 21.0 Å². The number of halogens is 1. The molecule has 4 heteroatoms. The molecule has 156 valence electrons. The molecule has 2 N–H and O–H groups in total. The number of hydrogen-bond acceptors (Lipinski definition) is 1. The van der Waals surface area contributed by atoms with Gasteiger partial charge >= 0.3 is 0 Å². The summed E-state index contributed by atoms with van der Waals surface area (Å²) in [6.45, 7) is 23.2. The van der Waals surface area contributed by atoms with Crippen LogP contribution in [0.1, 0.15) is 57.9 Å². The molecule has 0 bridgehead atoms. The number of allylic oxidation sites excluding steroid dienone is 1. The zero-order valence-corrected chi connectivity index (χ0v) is 19.1. The fourth-order valence-corrected chi connectivity index (χ4v) is 7.23. The average molecular weight is 421 g/mol. The van der Waals surface area contributed by atoms with Crippen molar-refractivity contribution in [1.29, 1.82) is 0 Å². The minimum atomic E-state index is -1.39. The summed E-state index contributed by atoms with van der Waals surface area (Å²) >= 11 is 7.06. The monoisotopic (exact) mass is 420 g/mol. The van der Waals surface area contributed by atoms with Crippen LogP contribution in [0.5, 0.6) is 0 Å². The van der Waals surface area contributed by atoms with Crippen molar-refractivity contribution in [2.45, 2.75) is 68.4 Å². The summed E-state index contributed by atoms with van der Waals surface area (Å²) in [5.74, 6) is -0.208. The van der Waals surface area contributed by atoms with Gasteiger partial charge in [-0.3, -0.25) is 0 Å². The SMILES string of the molecule is [C-]#[N+][C@]12C=CC(C)(C)c3[nH]c4cccc5c4c3[C@]1(O)[C@H](C[C@@H](Cl)[C@]2(C)C=C)C5(C)C. The van der Waals surface area contributed by atoms with Crippen LogP contribution in [0.3, 0.4) is 0 Å². The minimum absolute atomic E-state index is 0.208. The molecule has 0 amide bonds. The van der Waals surface area contributed by atoms with Crippen molar-refractivity contribution in [1.82, 2.24) is 4.98 Å². The van der Waals surface area contributed by atoms with E-state index in [2.05, 4.69) is 68.4 Å². The number of aromatic amines is 1. The van der Waals surface area contributed by atoms with Crippen LogP contribution in [0.2, 0.25) is 0 Å². The molecule has 0 radical (unpaired) electrons. The van der Waals surface area contributed by atoms with E-state index in [1.165, 1.54) is 5.56 Å². The van der Waals surface area contributed by atoms with Gasteiger partial charge in [0.2, 0.25) is 0 Å². The average Bonchev–Trinajstić information content (AvgIpc) is 3.08. The number of nitrogens with one attached hydrogen (secondary N) is 1. The van der Waals surface area contributed by atoms with Gasteiger partial charge in [-0.25, -0.2) is 6.57 Å². The summed E-state index contributed by atoms with van der Waals surface area (Å²) in [6, 6.07) is 6.33. The molecule has 1 heterocycles. The number of benzene rings is 1. The van der Waals surface area contributed by atoms with Crippen LogP contribution in [0.4, 0.5) is 0 Å². The van der Waals surface area contributed by atoms with Crippen molar-refractivity contribution in [2.75, 3.05) is 0 Å². The molecule has 5 rings (SSSR count). The third-order valence-corrected chi connectivity index (χ3v) is 9.39. The molecule has 0 spiro atoms. The van der Waals surface area contributed by atoms with Crippen LogP contribution in [0.15, 0.2) is 43.0 Å². The zero-order chi connectivity index (χ0) is 21.9. The Morgan fingerprint density at radius 2 is 1.93 bits per heavy atom. The molecule has 0 saturated heterocycles. The van der Waals surface area contributed by atoms with Gasteiger partial charge in [-0.15, -0.1) is 18.2 Å². The Bertz CT molecular complexity index is 1180. The fourth-order valence-electron chi connectivity index (χ4n) is 6.80. The highest BCUT2D eigenvalue weighted by Gasteiger charge is 2.78. The predicted octanol–water partition coefficient (Wildman–Crippen LogP) is 5.97. The lowest BCUT2D eigenvalue weighted by atomic mass is 9.43. The van der Waals surface area contributed by atoms with E-state index < -0.39 is 16.6 Å². The van der Waals surface area contributed by atoms with Gasteiger partial charge in [-0.2, -0.15) is 0 Å². The molecule has 2 aromatic rings. The second kappa shape index (κ2) is 5.42. The largest absolute Gasteiger partial charge is 0.376 e. The maximum absolute atomic E-state index is 12.9. The van der Waals surface area contributed by atoms with Crippen LogP contribution < -0.4 is 0 Å². The zero-order valence-electron chi connectivity index (χ0n) is 18.3. The summed E-state index contributed by atoms with van der Waals surface area (Å²) in [6.07, 6.45) is 6.45. The summed E-state index contributed by atoms with van der Waals surface area (Å²) in [4.78, 5) is 7.88. The van der Waals surface area contributed by atoms with E-state index in [9.17, 15) is 5.11 Å². The van der Waals surface area contributed by atoms with E-state index in [0.29, 0.717) is 6.42 Å². The topological polar surface area (TPSA) is 40.4 Å². The van der Waals surface area contributed by atoms with Crippen molar-refractivity contribution in [3.63, 3.8) is 0 Å². The molecule has 1 aromatic carbocycles. The first-order valence-electron chi connectivity index (χ1n) is 10.7. The number of nitrogens with zero attached hydrogens (tertiary/aromatic N) is 1. The Morgan fingerprint density at radius 3 is 2.57 bits per heavy atom. The van der Waals surface area contributed by atoms with Crippen LogP contribution in [0.25, 0.3) is 15.7 Å². The number of rotatable bonds is 1. The molecule has 3 aliphatic carbocycles. The van der Waals surface area contributed by atoms with Crippen molar-refractivity contribution in [3.8, 4) is 0 Å². The molecular formula is C26H29ClN2O. The second-order valence-corrected chi connectivity index (χ2v) is 11.3. The Morgan fingerprint density at radius 1 is 1.23 bits per heavy atom. The van der Waals surface area contributed by atoms with Crippen molar-refractivity contribution < 1.29 is 5.11 Å². The lowest BCUT2D eigenvalue weighted by molar-refractivity contribution is -0.142. The van der Waals surface area contributed by atoms with Gasteiger partial charge in [0.15, 0.2) is 5.60 Å². The summed E-state index contributed by atoms with van der Waals surface area (Å²) < 4.78 is 0. The van der Waals surface area contributed by atoms with E-state index in [-0.39, 0.29) is 22.1 Å². The fraction of sp³-hybridized carbons (Fsp3) is 0.500. The van der Waals surface area contributed by atoms with Gasteiger partial charge in [0.1, 0.15) is 0 Å². The number of aliphatic hydroxyl groups is 1. The normalized spacial score (nSPS) is 39.9. The van der Waals surface area contributed by atoms with Gasteiger partial charge in [0.05, 0.1) is 10.8 Å². The van der Waals surface area contributed by atoms with E-state index in [1.54, 1.807) is 6.08 Å². The van der Waals surface area contributed by atoms with E-state index in [4.69, 9.17) is 18.2 Å². The molecule has 1 fully saturated rings. The summed E-state index contributed by atoms with van der Waals surface area (Å²) in [5.41, 5.74) is -0.0296. The van der Waals surface area contributed by atoms with Gasteiger partial charge in [0, 0.05) is 39.6 Å². The van der Waals surface area contributed by atoms with Crippen LogP contribution in [-0.2, 0) is 16.4 Å². The Balaban J connectivity index is 2.08. The Kier molecular flexibility index (Phi) is 3.60. The maximum Gasteiger partial charge on any atom is 0.293 e. The molecule has 3 aliphatic rings. The summed E-state index contributed by atoms with van der Waals surface area (Å²) in [7, 11) is 0. The smallest absolute Gasteiger partial charge is 0.293 e. The highest BCUT2D eigenvalue weighted by molar-refractivity contribution is 6.21. The van der Waals surface area contributed by atoms with E-state index in [0.717, 1.165) is 22.2 Å². The quantitative estimate of drug-likeness (QED) is 0.333. The lowest BCUT2D eigenvalue weighted by Gasteiger charge is -2.60. The highest BCUT2D eigenvalue weighted by atomic mass is 35.5. The standard InChI is InChI=1S/C26H29ClN2O/c1-8-24(6)18(27)14-17-23(4,5)15-10-9-11-16-19(15)20-21(29-16)22(2,3)12-13-25(24,28-7)26(17,20)30/h8-13,17-18,29-30H,1,14H2,2-6H3/t17-,18-,24+,25+,26-/m1/s1. The Hall–Kier alpha value is -2.02. The maximum atomic E-state index is 12.9. The van der Waals surface area contributed by atoms with E-state index >= 15 is 0 Å². The number of alkyl halides is 1. The molecule has 5 atom stereocenters. The number of hydrogen-bond donors (Lipinski definition) is 2. The van der Waals surface area contributed by atoms with Crippen molar-refractivity contribution in [2.24, 2.45) is 11.3 Å². The molecule has 1 aromatic heterocycles. The first-order chi connectivity index (χ1) is 13.9. The number of aromatic nitrogens is 1. The van der Waals surface area contributed by atoms with E-state index in [1.807, 2.05) is 13.0 Å². The third-order valence-electron chi connectivity index (χ3n) is 8.76. The molecule has 3 nitrogen and oxygen atoms in total. The lowest BCUT2D eigenvalue weighted by Crippen LogP contribution is -2.70. The third kappa shape index (κ3) is 1.80. The predicted molar refractivity (Wildman–Crippen MR) is 123 cm³/mol. The molecule has 1 saturated carbocycles. The molecule has 0 unspecified atom stereocenters. The van der Waals surface area contributed by atoms with Gasteiger partial charge in [-0.05, 0) is 30.4 Å². The number of H-pyrrole nitrogens is 1. The Labute approximate surface area is 183 Å². The van der Waals surface area contributed by atoms with Crippen LogP contribution in [0, 0.1) is 17.9 Å². The minimum Gasteiger partial charge on any atom is -0.376 e. The first-order valence-corrected chi connectivity index (χ1v) is 11.1. The van der Waals surface area contributed by atoms with Gasteiger partial charge in [-0.1, -0.05) is 52.0 Å². The highest BCUT2D eigenvalue weighted by Crippen LogP contribution is 2.69. The molecular weight excluding hydrogens is 392 g/mol. The van der Waals surface area contributed by atoms with Crippen molar-refractivity contribution >= 4 is 22.5 Å². The molecule has 0 aliphatic heterocycles.